The number of fused-ring (bicyclic) bond motifs is 4. The van der Waals surface area contributed by atoms with Crippen LogP contribution in [0.4, 0.5) is 46.3 Å². The van der Waals surface area contributed by atoms with Gasteiger partial charge in [0.15, 0.2) is 32.8 Å². The zero-order chi connectivity index (χ0) is 43.9. The molecule has 0 amide bonds. The van der Waals surface area contributed by atoms with E-state index in [0.717, 1.165) is 18.2 Å². The van der Waals surface area contributed by atoms with Gasteiger partial charge < -0.3 is 30.7 Å². The topological polar surface area (TPSA) is 353 Å². The normalized spacial score (nSPS) is 13.3. The average Bonchev–Trinajstić information content (AvgIpc) is 3.13. The van der Waals surface area contributed by atoms with Crippen molar-refractivity contribution in [2.75, 3.05) is 40.6 Å². The Morgan fingerprint density at radius 1 is 0.700 bits per heavy atom. The summed E-state index contributed by atoms with van der Waals surface area (Å²) in [6.07, 6.45) is 0. The molecule has 7 rings (SSSR count). The molecular formula is C31H25Cl2N9O14S4. The van der Waals surface area contributed by atoms with Crippen molar-refractivity contribution in [3.05, 3.63) is 68.8 Å². The standard InChI is InChI=1S/C31H25Cl2N9O14S4/c1-12-3-4-13(11-18(12)58(46,47)48)35-29-39-30(41-31(40-29)42(2)9-10-57(43,44)45)38-17-8-7-16-24(28(17)60(52,53)54)56-26-20(33)21-25(19(32)22(26)37-16)55-23-15(36-21)6-5-14(34)27(23)59(49,50)51/h3-8,11H,9-10,34H2,1-2H3,(H,43,44,45)(H,46,47,48)(H,49,50,51)(H,52,53,54)(H2,35,38,39,40,41). The smallest absolute Gasteiger partial charge is 0.300 e. The molecule has 0 bridgehead atoms. The van der Waals surface area contributed by atoms with Gasteiger partial charge in [-0.1, -0.05) is 29.3 Å². The van der Waals surface area contributed by atoms with Crippen LogP contribution in [0.5, 0.6) is 23.0 Å². The van der Waals surface area contributed by atoms with Crippen LogP contribution in [0.1, 0.15) is 5.56 Å². The molecule has 0 aliphatic carbocycles. The summed E-state index contributed by atoms with van der Waals surface area (Å²) in [7, 11) is -18.0. The highest BCUT2D eigenvalue weighted by Gasteiger charge is 2.34. The summed E-state index contributed by atoms with van der Waals surface area (Å²) in [5.41, 5.74) is 4.84. The minimum atomic E-state index is -5.27. The Hall–Kier alpha value is -5.49. The molecule has 0 fully saturated rings. The number of aromatic nitrogens is 3. The van der Waals surface area contributed by atoms with Crippen molar-refractivity contribution in [2.24, 2.45) is 9.98 Å². The number of nitrogens with one attached hydrogen (secondary N) is 2. The quantitative estimate of drug-likeness (QED) is 0.0717. The van der Waals surface area contributed by atoms with Crippen LogP contribution in [0.25, 0.3) is 0 Å². The summed E-state index contributed by atoms with van der Waals surface area (Å²) < 4.78 is 149. The second-order valence-electron chi connectivity index (χ2n) is 12.7. The summed E-state index contributed by atoms with van der Waals surface area (Å²) in [6.45, 7) is 1.07. The third kappa shape index (κ3) is 8.31. The number of rotatable bonds is 11. The highest BCUT2D eigenvalue weighted by atomic mass is 35.5. The second kappa shape index (κ2) is 14.9. The largest absolute Gasteiger partial charge is 0.450 e. The van der Waals surface area contributed by atoms with Crippen molar-refractivity contribution < 1.29 is 61.4 Å². The minimum Gasteiger partial charge on any atom is -0.450 e. The summed E-state index contributed by atoms with van der Waals surface area (Å²) in [5.74, 6) is -3.59. The Balaban J connectivity index is 1.33. The van der Waals surface area contributed by atoms with E-state index in [1.807, 2.05) is 0 Å². The van der Waals surface area contributed by atoms with Crippen molar-refractivity contribution in [1.29, 1.82) is 0 Å². The third-order valence-corrected chi connectivity index (χ3v) is 12.7. The molecule has 0 unspecified atom stereocenters. The van der Waals surface area contributed by atoms with Gasteiger partial charge in [-0.25, -0.2) is 9.98 Å². The van der Waals surface area contributed by atoms with Gasteiger partial charge in [0.1, 0.15) is 32.1 Å². The average molecular weight is 947 g/mol. The van der Waals surface area contributed by atoms with E-state index in [0.29, 0.717) is 0 Å². The maximum atomic E-state index is 13.1. The summed E-state index contributed by atoms with van der Waals surface area (Å²) >= 11 is 13.4. The second-order valence-corrected chi connectivity index (χ2v) is 19.1. The lowest BCUT2D eigenvalue weighted by Gasteiger charge is -2.23. The minimum absolute atomic E-state index is 0.0411. The Labute approximate surface area is 348 Å². The summed E-state index contributed by atoms with van der Waals surface area (Å²) in [6, 6.07) is 8.59. The number of nitrogens with two attached hydrogens (primary N) is 1. The van der Waals surface area contributed by atoms with Crippen LogP contribution in [0.15, 0.2) is 67.1 Å². The van der Waals surface area contributed by atoms with Crippen LogP contribution in [0.2, 0.25) is 10.0 Å². The zero-order valence-corrected chi connectivity index (χ0v) is 34.8. The Kier molecular flexibility index (Phi) is 10.6. The Morgan fingerprint density at radius 2 is 1.23 bits per heavy atom. The molecule has 0 spiro atoms. The van der Waals surface area contributed by atoms with Gasteiger partial charge in [-0.3, -0.25) is 18.2 Å². The molecule has 60 heavy (non-hydrogen) atoms. The highest BCUT2D eigenvalue weighted by Crippen LogP contribution is 2.48. The van der Waals surface area contributed by atoms with E-state index in [9.17, 15) is 51.9 Å². The maximum absolute atomic E-state index is 13.1. The number of anilines is 6. The van der Waals surface area contributed by atoms with E-state index < -0.39 is 84.0 Å². The molecule has 0 radical (unpaired) electrons. The number of hydrogen-bond donors (Lipinski definition) is 7. The SMILES string of the molecule is Cc1ccc(Nc2nc(Nc3ccc4c(c3S(=O)(=O)O)Oc3c(Cl)c5c(c(Cl)c3=N4)Oc3c(ccc(N)c3S(=O)(=O)O)N=5)nc(N(C)CCS(=O)(=O)O)n2)cc1S(=O)(=O)O. The first-order chi connectivity index (χ1) is 27.8. The molecule has 3 heterocycles. The lowest BCUT2D eigenvalue weighted by Crippen LogP contribution is -2.27. The van der Waals surface area contributed by atoms with Crippen molar-refractivity contribution in [1.82, 2.24) is 15.0 Å². The van der Waals surface area contributed by atoms with Gasteiger partial charge in [-0.15, -0.1) is 0 Å². The fourth-order valence-electron chi connectivity index (χ4n) is 5.77. The van der Waals surface area contributed by atoms with Crippen molar-refractivity contribution >= 4 is 110 Å². The number of ether oxygens (including phenoxy) is 2. The molecule has 316 valence electrons. The zero-order valence-electron chi connectivity index (χ0n) is 30.0. The van der Waals surface area contributed by atoms with E-state index in [2.05, 4.69) is 35.6 Å². The Morgan fingerprint density at radius 3 is 1.77 bits per heavy atom. The van der Waals surface area contributed by atoms with Crippen molar-refractivity contribution in [3.63, 3.8) is 0 Å². The van der Waals surface area contributed by atoms with Crippen LogP contribution in [0, 0.1) is 6.92 Å². The predicted octanol–water partition coefficient (Wildman–Crippen LogP) is 3.73. The monoisotopic (exact) mass is 945 g/mol. The van der Waals surface area contributed by atoms with E-state index in [4.69, 9.17) is 38.4 Å². The van der Waals surface area contributed by atoms with E-state index in [-0.39, 0.29) is 79.0 Å². The lowest BCUT2D eigenvalue weighted by atomic mass is 10.2. The van der Waals surface area contributed by atoms with Crippen LogP contribution in [-0.4, -0.2) is 86.2 Å². The van der Waals surface area contributed by atoms with Gasteiger partial charge >= 0.3 is 0 Å². The van der Waals surface area contributed by atoms with Crippen molar-refractivity contribution in [3.8, 4) is 23.0 Å². The van der Waals surface area contributed by atoms with E-state index >= 15 is 0 Å². The molecule has 8 N–H and O–H groups in total. The number of aryl methyl sites for hydroxylation is 1. The van der Waals surface area contributed by atoms with Crippen LogP contribution >= 0.6 is 23.2 Å². The van der Waals surface area contributed by atoms with Gasteiger partial charge in [-0.05, 0) is 48.9 Å². The van der Waals surface area contributed by atoms with Gasteiger partial charge in [0.25, 0.3) is 40.5 Å². The lowest BCUT2D eigenvalue weighted by molar-refractivity contribution is 0.428. The van der Waals surface area contributed by atoms with Gasteiger partial charge in [0.05, 0.1) is 22.0 Å². The van der Waals surface area contributed by atoms with E-state index in [1.54, 1.807) is 0 Å². The molecule has 0 atom stereocenters. The van der Waals surface area contributed by atoms with Crippen LogP contribution in [0.3, 0.4) is 0 Å². The molecule has 0 saturated carbocycles. The van der Waals surface area contributed by atoms with E-state index in [1.165, 1.54) is 43.1 Å². The number of nitrogen functional groups attached to an aromatic ring is 1. The molecule has 4 aromatic carbocycles. The highest BCUT2D eigenvalue weighted by molar-refractivity contribution is 7.86. The first-order valence-electron chi connectivity index (χ1n) is 16.2. The fraction of sp³-hybridized carbons (Fsp3) is 0.129. The first-order valence-corrected chi connectivity index (χ1v) is 22.9. The molecule has 5 aromatic rings. The summed E-state index contributed by atoms with van der Waals surface area (Å²) in [4.78, 5) is 20.3. The number of benzene rings is 4. The maximum Gasteiger partial charge on any atom is 0.300 e. The molecule has 2 aliphatic rings. The molecule has 2 aliphatic heterocycles. The molecular weight excluding hydrogens is 922 g/mol. The van der Waals surface area contributed by atoms with Gasteiger partial charge in [0.2, 0.25) is 17.8 Å². The number of hydrogen-bond acceptors (Lipinski definition) is 19. The fourth-order valence-corrected chi connectivity index (χ4v) is 9.06. The summed E-state index contributed by atoms with van der Waals surface area (Å²) in [5, 5.41) is 4.16. The molecule has 29 heteroatoms. The molecule has 23 nitrogen and oxygen atoms in total. The third-order valence-electron chi connectivity index (χ3n) is 8.46. The molecule has 1 aromatic heterocycles. The Bertz CT molecular complexity index is 3310. The van der Waals surface area contributed by atoms with Gasteiger partial charge in [0, 0.05) is 19.3 Å². The predicted molar refractivity (Wildman–Crippen MR) is 212 cm³/mol. The first kappa shape index (κ1) is 42.6. The number of nitrogens with zero attached hydrogens (tertiary/aromatic N) is 6. The van der Waals surface area contributed by atoms with Gasteiger partial charge in [-0.2, -0.15) is 48.6 Å². The van der Waals surface area contributed by atoms with Crippen LogP contribution < -0.4 is 41.5 Å². The molecule has 0 saturated heterocycles. The number of halogens is 2. The van der Waals surface area contributed by atoms with Crippen molar-refractivity contribution in [2.45, 2.75) is 21.6 Å². The van der Waals surface area contributed by atoms with Crippen LogP contribution in [-0.2, 0) is 40.5 Å².